The summed E-state index contributed by atoms with van der Waals surface area (Å²) in [5, 5.41) is 2.59. The van der Waals surface area contributed by atoms with Crippen LogP contribution in [0.2, 0.25) is 0 Å². The predicted molar refractivity (Wildman–Crippen MR) is 94.7 cm³/mol. The fourth-order valence-electron chi connectivity index (χ4n) is 2.66. The molecular weight excluding hydrogens is 358 g/mol. The third-order valence-electron chi connectivity index (χ3n) is 3.96. The second-order valence-electron chi connectivity index (χ2n) is 5.93. The molecule has 0 atom stereocenters. The molecule has 0 radical (unpaired) electrons. The summed E-state index contributed by atoms with van der Waals surface area (Å²) in [5.74, 6) is -3.33. The summed E-state index contributed by atoms with van der Waals surface area (Å²) < 4.78 is 36.3. The number of benzene rings is 2. The van der Waals surface area contributed by atoms with Crippen molar-refractivity contribution < 1.29 is 27.8 Å². The average molecular weight is 376 g/mol. The number of nitrogens with one attached hydrogen (secondary N) is 1. The second kappa shape index (κ2) is 8.59. The van der Waals surface area contributed by atoms with E-state index in [1.807, 2.05) is 12.1 Å². The topological polar surface area (TPSA) is 67.9 Å². The maximum atomic E-state index is 13.1. The van der Waals surface area contributed by atoms with Gasteiger partial charge in [0.1, 0.15) is 11.6 Å². The van der Waals surface area contributed by atoms with Crippen LogP contribution in [0.25, 0.3) is 0 Å². The lowest BCUT2D eigenvalue weighted by Crippen LogP contribution is -2.36. The zero-order chi connectivity index (χ0) is 19.2. The first-order chi connectivity index (χ1) is 13.0. The molecule has 1 saturated heterocycles. The number of ether oxygens (including phenoxy) is 2. The minimum Gasteiger partial charge on any atom is -0.452 e. The van der Waals surface area contributed by atoms with E-state index >= 15 is 0 Å². The van der Waals surface area contributed by atoms with Gasteiger partial charge in [-0.15, -0.1) is 0 Å². The number of anilines is 2. The van der Waals surface area contributed by atoms with Crippen molar-refractivity contribution in [3.8, 4) is 0 Å². The summed E-state index contributed by atoms with van der Waals surface area (Å²) >= 11 is 0. The largest absolute Gasteiger partial charge is 0.452 e. The molecule has 2 aromatic rings. The quantitative estimate of drug-likeness (QED) is 0.813. The van der Waals surface area contributed by atoms with Crippen LogP contribution in [0.4, 0.5) is 20.2 Å². The van der Waals surface area contributed by atoms with Crippen molar-refractivity contribution in [2.24, 2.45) is 0 Å². The highest BCUT2D eigenvalue weighted by Crippen LogP contribution is 2.19. The number of halogens is 2. The van der Waals surface area contributed by atoms with Crippen LogP contribution < -0.4 is 10.2 Å². The minimum absolute atomic E-state index is 0.296. The van der Waals surface area contributed by atoms with E-state index in [4.69, 9.17) is 9.47 Å². The number of morpholine rings is 1. The van der Waals surface area contributed by atoms with Crippen LogP contribution in [0.1, 0.15) is 10.4 Å². The van der Waals surface area contributed by atoms with E-state index in [9.17, 15) is 18.4 Å². The molecule has 0 aromatic heterocycles. The first-order valence-corrected chi connectivity index (χ1v) is 8.37. The average Bonchev–Trinajstić information content (AvgIpc) is 2.66. The van der Waals surface area contributed by atoms with Crippen LogP contribution >= 0.6 is 0 Å². The van der Waals surface area contributed by atoms with Gasteiger partial charge in [0.2, 0.25) is 0 Å². The summed E-state index contributed by atoms with van der Waals surface area (Å²) in [5.41, 5.74) is 1.27. The fraction of sp³-hybridized carbons (Fsp3) is 0.263. The first-order valence-electron chi connectivity index (χ1n) is 8.37. The molecule has 0 aliphatic carbocycles. The Kier molecular flexibility index (Phi) is 5.97. The van der Waals surface area contributed by atoms with Crippen molar-refractivity contribution in [1.29, 1.82) is 0 Å². The van der Waals surface area contributed by atoms with E-state index in [0.29, 0.717) is 25.0 Å². The summed E-state index contributed by atoms with van der Waals surface area (Å²) in [6, 6.07) is 9.56. The lowest BCUT2D eigenvalue weighted by atomic mass is 10.2. The molecule has 27 heavy (non-hydrogen) atoms. The van der Waals surface area contributed by atoms with E-state index in [1.54, 1.807) is 12.1 Å². The van der Waals surface area contributed by atoms with Crippen LogP contribution in [0.15, 0.2) is 42.5 Å². The molecule has 0 spiro atoms. The summed E-state index contributed by atoms with van der Waals surface area (Å²) in [4.78, 5) is 25.9. The molecule has 3 rings (SSSR count). The minimum atomic E-state index is -0.980. The number of amides is 1. The Hall–Kier alpha value is -3.00. The van der Waals surface area contributed by atoms with Crippen LogP contribution in [-0.4, -0.2) is 44.8 Å². The fourth-order valence-corrected chi connectivity index (χ4v) is 2.66. The Morgan fingerprint density at radius 2 is 1.67 bits per heavy atom. The normalized spacial score (nSPS) is 13.9. The molecule has 0 unspecified atom stereocenters. The number of esters is 1. The molecule has 0 bridgehead atoms. The summed E-state index contributed by atoms with van der Waals surface area (Å²) in [6.45, 7) is 2.41. The van der Waals surface area contributed by atoms with Gasteiger partial charge < -0.3 is 19.7 Å². The Balaban J connectivity index is 1.50. The first kappa shape index (κ1) is 18.8. The number of carbonyl (C=O) groups excluding carboxylic acids is 2. The van der Waals surface area contributed by atoms with E-state index in [0.717, 1.165) is 30.9 Å². The Morgan fingerprint density at radius 3 is 2.30 bits per heavy atom. The van der Waals surface area contributed by atoms with Gasteiger partial charge in [-0.1, -0.05) is 0 Å². The maximum Gasteiger partial charge on any atom is 0.338 e. The number of nitrogens with zero attached hydrogens (tertiary/aromatic N) is 1. The SMILES string of the molecule is O=C(COC(=O)c1cc(F)cc(F)c1)Nc1ccc(N2CCOCC2)cc1. The standard InChI is InChI=1S/C19H18F2N2O4/c20-14-9-13(10-15(21)11-14)19(25)27-12-18(24)22-16-1-3-17(4-2-16)23-5-7-26-8-6-23/h1-4,9-11H,5-8,12H2,(H,22,24). The van der Waals surface area contributed by atoms with Gasteiger partial charge in [-0.25, -0.2) is 13.6 Å². The lowest BCUT2D eigenvalue weighted by molar-refractivity contribution is -0.119. The van der Waals surface area contributed by atoms with Crippen molar-refractivity contribution >= 4 is 23.3 Å². The zero-order valence-corrected chi connectivity index (χ0v) is 14.4. The second-order valence-corrected chi connectivity index (χ2v) is 5.93. The monoisotopic (exact) mass is 376 g/mol. The number of hydrogen-bond acceptors (Lipinski definition) is 5. The van der Waals surface area contributed by atoms with Gasteiger partial charge in [0, 0.05) is 30.5 Å². The molecule has 1 fully saturated rings. The highest BCUT2D eigenvalue weighted by Gasteiger charge is 2.14. The van der Waals surface area contributed by atoms with Crippen LogP contribution in [-0.2, 0) is 14.3 Å². The van der Waals surface area contributed by atoms with E-state index in [-0.39, 0.29) is 5.56 Å². The van der Waals surface area contributed by atoms with E-state index < -0.39 is 30.1 Å². The molecule has 1 aliphatic rings. The van der Waals surface area contributed by atoms with Crippen molar-refractivity contribution in [3.63, 3.8) is 0 Å². The van der Waals surface area contributed by atoms with Gasteiger partial charge in [0.15, 0.2) is 6.61 Å². The Labute approximate surface area is 154 Å². The van der Waals surface area contributed by atoms with Gasteiger partial charge in [0.05, 0.1) is 18.8 Å². The molecule has 0 saturated carbocycles. The predicted octanol–water partition coefficient (Wildman–Crippen LogP) is 2.60. The molecular formula is C19H18F2N2O4. The molecule has 1 heterocycles. The smallest absolute Gasteiger partial charge is 0.338 e. The Bertz CT molecular complexity index is 801. The molecule has 2 aromatic carbocycles. The van der Waals surface area contributed by atoms with E-state index in [1.165, 1.54) is 0 Å². The van der Waals surface area contributed by atoms with Gasteiger partial charge in [0.25, 0.3) is 5.91 Å². The van der Waals surface area contributed by atoms with Gasteiger partial charge in [-0.05, 0) is 36.4 Å². The van der Waals surface area contributed by atoms with Crippen molar-refractivity contribution in [2.75, 3.05) is 43.1 Å². The van der Waals surface area contributed by atoms with Crippen molar-refractivity contribution in [1.82, 2.24) is 0 Å². The van der Waals surface area contributed by atoms with Gasteiger partial charge >= 0.3 is 5.97 Å². The highest BCUT2D eigenvalue weighted by atomic mass is 19.1. The molecule has 1 amide bonds. The van der Waals surface area contributed by atoms with Crippen molar-refractivity contribution in [3.05, 3.63) is 59.7 Å². The van der Waals surface area contributed by atoms with Gasteiger partial charge in [-0.2, -0.15) is 0 Å². The summed E-state index contributed by atoms with van der Waals surface area (Å²) in [6.07, 6.45) is 0. The van der Waals surface area contributed by atoms with Crippen LogP contribution in [0.5, 0.6) is 0 Å². The number of hydrogen-bond donors (Lipinski definition) is 1. The third-order valence-corrected chi connectivity index (χ3v) is 3.96. The van der Waals surface area contributed by atoms with Gasteiger partial charge in [-0.3, -0.25) is 4.79 Å². The van der Waals surface area contributed by atoms with Crippen LogP contribution in [0, 0.1) is 11.6 Å². The third kappa shape index (κ3) is 5.24. The lowest BCUT2D eigenvalue weighted by Gasteiger charge is -2.28. The Morgan fingerprint density at radius 1 is 1.04 bits per heavy atom. The molecule has 1 N–H and O–H groups in total. The molecule has 6 nitrogen and oxygen atoms in total. The molecule has 142 valence electrons. The van der Waals surface area contributed by atoms with E-state index in [2.05, 4.69) is 10.2 Å². The maximum absolute atomic E-state index is 13.1. The molecule has 1 aliphatic heterocycles. The zero-order valence-electron chi connectivity index (χ0n) is 14.4. The highest BCUT2D eigenvalue weighted by molar-refractivity contribution is 5.95. The van der Waals surface area contributed by atoms with Crippen LogP contribution in [0.3, 0.4) is 0 Å². The number of carbonyl (C=O) groups is 2. The number of rotatable bonds is 5. The summed E-state index contributed by atoms with van der Waals surface area (Å²) in [7, 11) is 0. The van der Waals surface area contributed by atoms with Crippen molar-refractivity contribution in [2.45, 2.75) is 0 Å². The molecule has 8 heteroatoms.